The molecule has 0 aliphatic heterocycles. The molecule has 0 unspecified atom stereocenters. The van der Waals surface area contributed by atoms with Gasteiger partial charge in [0.05, 0.1) is 10.9 Å². The van der Waals surface area contributed by atoms with Crippen LogP contribution in [0.5, 0.6) is 0 Å². The summed E-state index contributed by atoms with van der Waals surface area (Å²) in [5.74, 6) is 0.789. The number of para-hydroxylation sites is 1. The number of aromatic nitrogens is 4. The Kier molecular flexibility index (Phi) is 3.87. The largest absolute Gasteiger partial charge is 0.325 e. The summed E-state index contributed by atoms with van der Waals surface area (Å²) in [7, 11) is 0. The first-order valence-electron chi connectivity index (χ1n) is 7.53. The molecule has 4 aromatic rings. The fourth-order valence-corrected chi connectivity index (χ4v) is 2.69. The molecule has 7 heteroatoms. The highest BCUT2D eigenvalue weighted by Gasteiger charge is 2.14. The number of halogens is 1. The van der Waals surface area contributed by atoms with E-state index in [0.717, 1.165) is 5.69 Å². The summed E-state index contributed by atoms with van der Waals surface area (Å²) in [6.45, 7) is 0. The summed E-state index contributed by atoms with van der Waals surface area (Å²) in [6, 6.07) is 16.2. The Morgan fingerprint density at radius 1 is 1.04 bits per heavy atom. The maximum Gasteiger partial charge on any atom is 0.268 e. The lowest BCUT2D eigenvalue weighted by Gasteiger charge is -2.14. The molecule has 0 aliphatic carbocycles. The van der Waals surface area contributed by atoms with Crippen molar-refractivity contribution in [1.29, 1.82) is 0 Å². The Balaban J connectivity index is 1.99. The Morgan fingerprint density at radius 3 is 2.64 bits per heavy atom. The van der Waals surface area contributed by atoms with Crippen LogP contribution in [-0.4, -0.2) is 19.5 Å². The molecule has 0 aliphatic rings. The lowest BCUT2D eigenvalue weighted by molar-refractivity contribution is 0.918. The highest BCUT2D eigenvalue weighted by molar-refractivity contribution is 6.31. The molecule has 2 heterocycles. The predicted octanol–water partition coefficient (Wildman–Crippen LogP) is 3.57. The van der Waals surface area contributed by atoms with Gasteiger partial charge < -0.3 is 5.32 Å². The van der Waals surface area contributed by atoms with Gasteiger partial charge in [0.2, 0.25) is 5.95 Å². The minimum atomic E-state index is -0.260. The zero-order chi connectivity index (χ0) is 17.2. The second kappa shape index (κ2) is 6.33. The molecule has 2 aromatic heterocycles. The average molecular weight is 350 g/mol. The molecular weight excluding hydrogens is 338 g/mol. The fraction of sp³-hybridized carbons (Fsp3) is 0. The normalized spacial score (nSPS) is 10.8. The van der Waals surface area contributed by atoms with Crippen molar-refractivity contribution >= 4 is 34.1 Å². The number of hydrogen-bond donors (Lipinski definition) is 1. The first kappa shape index (κ1) is 15.3. The number of nitrogens with zero attached hydrogens (tertiary/aromatic N) is 4. The van der Waals surface area contributed by atoms with Crippen molar-refractivity contribution in [3.63, 3.8) is 0 Å². The Morgan fingerprint density at radius 2 is 1.88 bits per heavy atom. The van der Waals surface area contributed by atoms with Gasteiger partial charge in [0.25, 0.3) is 5.56 Å². The summed E-state index contributed by atoms with van der Waals surface area (Å²) in [4.78, 5) is 25.7. The van der Waals surface area contributed by atoms with E-state index in [9.17, 15) is 4.79 Å². The standard InChI is InChI=1S/C18H12ClN5O/c19-12-6-7-15-14(10-12)17(25)24(16-8-9-20-11-21-16)18(23-15)22-13-4-2-1-3-5-13/h1-11H,(H,22,23). The van der Waals surface area contributed by atoms with Gasteiger partial charge in [-0.25, -0.2) is 19.5 Å². The van der Waals surface area contributed by atoms with Crippen LogP contribution < -0.4 is 10.9 Å². The molecule has 1 N–H and O–H groups in total. The van der Waals surface area contributed by atoms with E-state index in [0.29, 0.717) is 27.7 Å². The maximum atomic E-state index is 13.1. The molecule has 122 valence electrons. The smallest absolute Gasteiger partial charge is 0.268 e. The van der Waals surface area contributed by atoms with Crippen LogP contribution in [-0.2, 0) is 0 Å². The molecule has 0 atom stereocenters. The molecule has 0 bridgehead atoms. The van der Waals surface area contributed by atoms with Crippen LogP contribution in [0.1, 0.15) is 0 Å². The lowest BCUT2D eigenvalue weighted by Crippen LogP contribution is -2.23. The molecule has 25 heavy (non-hydrogen) atoms. The van der Waals surface area contributed by atoms with E-state index < -0.39 is 0 Å². The topological polar surface area (TPSA) is 72.7 Å². The van der Waals surface area contributed by atoms with Crippen LogP contribution in [0.4, 0.5) is 11.6 Å². The van der Waals surface area contributed by atoms with Gasteiger partial charge in [-0.3, -0.25) is 4.79 Å². The highest BCUT2D eigenvalue weighted by Crippen LogP contribution is 2.21. The summed E-state index contributed by atoms with van der Waals surface area (Å²) in [5.41, 5.74) is 1.10. The van der Waals surface area contributed by atoms with Crippen LogP contribution >= 0.6 is 11.6 Å². The minimum Gasteiger partial charge on any atom is -0.325 e. The molecule has 4 rings (SSSR count). The van der Waals surface area contributed by atoms with Gasteiger partial charge >= 0.3 is 0 Å². The van der Waals surface area contributed by atoms with Gasteiger partial charge in [-0.2, -0.15) is 0 Å². The van der Waals surface area contributed by atoms with Crippen molar-refractivity contribution < 1.29 is 0 Å². The number of rotatable bonds is 3. The predicted molar refractivity (Wildman–Crippen MR) is 97.7 cm³/mol. The van der Waals surface area contributed by atoms with Crippen LogP contribution in [0.3, 0.4) is 0 Å². The monoisotopic (exact) mass is 349 g/mol. The molecule has 0 amide bonds. The quantitative estimate of drug-likeness (QED) is 0.612. The third kappa shape index (κ3) is 2.95. The summed E-state index contributed by atoms with van der Waals surface area (Å²) in [6.07, 6.45) is 2.96. The van der Waals surface area contributed by atoms with Gasteiger partial charge in [-0.05, 0) is 36.4 Å². The van der Waals surface area contributed by atoms with E-state index in [1.54, 1.807) is 30.5 Å². The van der Waals surface area contributed by atoms with Crippen molar-refractivity contribution in [2.24, 2.45) is 0 Å². The van der Waals surface area contributed by atoms with Crippen molar-refractivity contribution in [2.45, 2.75) is 0 Å². The Hall–Kier alpha value is -3.25. The van der Waals surface area contributed by atoms with Gasteiger partial charge in [0, 0.05) is 16.9 Å². The third-order valence-corrected chi connectivity index (χ3v) is 3.89. The first-order valence-corrected chi connectivity index (χ1v) is 7.91. The zero-order valence-corrected chi connectivity index (χ0v) is 13.7. The van der Waals surface area contributed by atoms with Gasteiger partial charge in [-0.1, -0.05) is 29.8 Å². The van der Waals surface area contributed by atoms with Crippen LogP contribution in [0.15, 0.2) is 71.9 Å². The van der Waals surface area contributed by atoms with E-state index >= 15 is 0 Å². The van der Waals surface area contributed by atoms with Crippen LogP contribution in [0, 0.1) is 0 Å². The molecule has 2 aromatic carbocycles. The second-order valence-corrected chi connectivity index (χ2v) is 5.73. The van der Waals surface area contributed by atoms with Crippen molar-refractivity contribution in [2.75, 3.05) is 5.32 Å². The Labute approximate surface area is 147 Å². The summed E-state index contributed by atoms with van der Waals surface area (Å²) >= 11 is 6.04. The van der Waals surface area contributed by atoms with Crippen molar-refractivity contribution in [3.8, 4) is 5.82 Å². The van der Waals surface area contributed by atoms with Crippen LogP contribution in [0.25, 0.3) is 16.7 Å². The van der Waals surface area contributed by atoms with E-state index in [2.05, 4.69) is 20.3 Å². The number of anilines is 2. The maximum absolute atomic E-state index is 13.1. The molecule has 0 radical (unpaired) electrons. The minimum absolute atomic E-state index is 0.260. The number of hydrogen-bond acceptors (Lipinski definition) is 5. The summed E-state index contributed by atoms with van der Waals surface area (Å²) < 4.78 is 1.41. The van der Waals surface area contributed by atoms with Gasteiger partial charge in [0.15, 0.2) is 0 Å². The molecule has 6 nitrogen and oxygen atoms in total. The molecule has 0 spiro atoms. The molecule has 0 saturated heterocycles. The van der Waals surface area contributed by atoms with E-state index in [1.807, 2.05) is 30.3 Å². The highest BCUT2D eigenvalue weighted by atomic mass is 35.5. The van der Waals surface area contributed by atoms with Crippen LogP contribution in [0.2, 0.25) is 5.02 Å². The SMILES string of the molecule is O=c1c2cc(Cl)ccc2nc(Nc2ccccc2)n1-c1ccncn1. The second-order valence-electron chi connectivity index (χ2n) is 5.30. The number of nitrogens with one attached hydrogen (secondary N) is 1. The average Bonchev–Trinajstić information content (AvgIpc) is 2.64. The molecule has 0 fully saturated rings. The van der Waals surface area contributed by atoms with Gasteiger partial charge in [0.1, 0.15) is 12.1 Å². The number of fused-ring (bicyclic) bond motifs is 1. The summed E-state index contributed by atoms with van der Waals surface area (Å²) in [5, 5.41) is 4.07. The third-order valence-electron chi connectivity index (χ3n) is 3.66. The first-order chi connectivity index (χ1) is 12.2. The van der Waals surface area contributed by atoms with E-state index in [1.165, 1.54) is 10.9 Å². The zero-order valence-electron chi connectivity index (χ0n) is 12.9. The van der Waals surface area contributed by atoms with Crippen molar-refractivity contribution in [3.05, 3.63) is 82.5 Å². The molecule has 0 saturated carbocycles. The van der Waals surface area contributed by atoms with E-state index in [-0.39, 0.29) is 5.56 Å². The lowest BCUT2D eigenvalue weighted by atomic mass is 10.2. The Bertz CT molecular complexity index is 1100. The fourth-order valence-electron chi connectivity index (χ4n) is 2.52. The van der Waals surface area contributed by atoms with E-state index in [4.69, 9.17) is 11.6 Å². The molecular formula is C18H12ClN5O. The van der Waals surface area contributed by atoms with Crippen molar-refractivity contribution in [1.82, 2.24) is 19.5 Å². The number of benzene rings is 2. The van der Waals surface area contributed by atoms with Gasteiger partial charge in [-0.15, -0.1) is 0 Å².